The van der Waals surface area contributed by atoms with Gasteiger partial charge in [0, 0.05) is 33.2 Å². The minimum absolute atomic E-state index is 0.211. The summed E-state index contributed by atoms with van der Waals surface area (Å²) in [7, 11) is 0. The quantitative estimate of drug-likeness (QED) is 0.191. The Hall–Kier alpha value is -6.38. The predicted molar refractivity (Wildman–Crippen MR) is 204 cm³/mol. The van der Waals surface area contributed by atoms with Crippen LogP contribution >= 0.6 is 0 Å². The van der Waals surface area contributed by atoms with Crippen LogP contribution in [0.4, 0.5) is 0 Å². The van der Waals surface area contributed by atoms with Crippen molar-refractivity contribution in [1.82, 2.24) is 4.57 Å². The second-order valence-corrected chi connectivity index (χ2v) is 13.3. The lowest BCUT2D eigenvalue weighted by molar-refractivity contribution is 0.671. The fourth-order valence-electron chi connectivity index (χ4n) is 8.43. The highest BCUT2D eigenvalue weighted by atomic mass is 16.3. The maximum absolute atomic E-state index is 6.61. The first-order chi connectivity index (χ1) is 24.3. The van der Waals surface area contributed by atoms with Gasteiger partial charge in [-0.15, -0.1) is 0 Å². The molecule has 1 unspecified atom stereocenters. The molecule has 0 amide bonds. The zero-order chi connectivity index (χ0) is 32.1. The number of aromatic nitrogens is 1. The molecule has 0 aliphatic heterocycles. The maximum atomic E-state index is 6.61. The van der Waals surface area contributed by atoms with Crippen LogP contribution in [0.1, 0.15) is 22.6 Å². The molecular weight excluding hydrogens is 595 g/mol. The molecule has 0 spiro atoms. The Morgan fingerprint density at radius 1 is 0.449 bits per heavy atom. The summed E-state index contributed by atoms with van der Waals surface area (Å²) >= 11 is 0. The summed E-state index contributed by atoms with van der Waals surface area (Å²) in [6.45, 7) is 0. The molecule has 228 valence electrons. The van der Waals surface area contributed by atoms with Gasteiger partial charge in [-0.2, -0.15) is 0 Å². The lowest BCUT2D eigenvalue weighted by Crippen LogP contribution is -1.99. The van der Waals surface area contributed by atoms with Crippen molar-refractivity contribution in [3.8, 4) is 27.9 Å². The van der Waals surface area contributed by atoms with Crippen LogP contribution in [0.25, 0.3) is 82.5 Å². The minimum atomic E-state index is 0.211. The summed E-state index contributed by atoms with van der Waals surface area (Å²) < 4.78 is 8.97. The van der Waals surface area contributed by atoms with E-state index in [2.05, 4.69) is 168 Å². The van der Waals surface area contributed by atoms with Gasteiger partial charge in [-0.05, 0) is 92.2 Å². The van der Waals surface area contributed by atoms with E-state index in [1.165, 1.54) is 66.0 Å². The fraction of sp³-hybridized carbons (Fsp3) is 0.0213. The Kier molecular flexibility index (Phi) is 5.47. The van der Waals surface area contributed by atoms with E-state index in [4.69, 9.17) is 4.42 Å². The Morgan fingerprint density at radius 3 is 2.12 bits per heavy atom. The first-order valence-corrected chi connectivity index (χ1v) is 17.0. The largest absolute Gasteiger partial charge is 0.454 e. The first-order valence-electron chi connectivity index (χ1n) is 17.0. The lowest BCUT2D eigenvalue weighted by Gasteiger charge is -2.16. The Balaban J connectivity index is 1.11. The van der Waals surface area contributed by atoms with Crippen LogP contribution in [-0.4, -0.2) is 4.57 Å². The molecule has 0 N–H and O–H groups in total. The van der Waals surface area contributed by atoms with Crippen LogP contribution in [0.15, 0.2) is 174 Å². The van der Waals surface area contributed by atoms with Gasteiger partial charge in [-0.1, -0.05) is 127 Å². The van der Waals surface area contributed by atoms with E-state index >= 15 is 0 Å². The predicted octanol–water partition coefficient (Wildman–Crippen LogP) is 12.7. The molecule has 11 rings (SSSR count). The monoisotopic (exact) mass is 623 g/mol. The van der Waals surface area contributed by atoms with Crippen LogP contribution in [0.2, 0.25) is 0 Å². The molecule has 1 aliphatic rings. The summed E-state index contributed by atoms with van der Waals surface area (Å²) in [4.78, 5) is 0. The number of fused-ring (bicyclic) bond motifs is 11. The van der Waals surface area contributed by atoms with Crippen LogP contribution < -0.4 is 0 Å². The Bertz CT molecular complexity index is 2940. The Labute approximate surface area is 283 Å². The maximum Gasteiger partial charge on any atom is 0.160 e. The SMILES string of the molecule is c1ccc(-n2c3ccc(-c4ccc5c(c4)-c4ccccc4C5c4ccc5ccccc5c4)cc3c3ccc4c5ccccc5oc4c32)cc1. The second kappa shape index (κ2) is 10.1. The number of para-hydroxylation sites is 2. The van der Waals surface area contributed by atoms with Crippen molar-refractivity contribution < 1.29 is 4.42 Å². The molecule has 2 aromatic heterocycles. The normalized spacial score (nSPS) is 13.9. The van der Waals surface area contributed by atoms with E-state index in [9.17, 15) is 0 Å². The van der Waals surface area contributed by atoms with E-state index in [1.807, 2.05) is 6.07 Å². The van der Waals surface area contributed by atoms with Gasteiger partial charge >= 0.3 is 0 Å². The van der Waals surface area contributed by atoms with E-state index in [0.717, 1.165) is 33.1 Å². The molecule has 2 heteroatoms. The average molecular weight is 624 g/mol. The molecule has 2 nitrogen and oxygen atoms in total. The van der Waals surface area contributed by atoms with Crippen LogP contribution in [0, 0.1) is 0 Å². The van der Waals surface area contributed by atoms with Gasteiger partial charge < -0.3 is 8.98 Å². The van der Waals surface area contributed by atoms with Crippen LogP contribution in [0.3, 0.4) is 0 Å². The third kappa shape index (κ3) is 3.83. The van der Waals surface area contributed by atoms with Crippen molar-refractivity contribution in [2.45, 2.75) is 5.92 Å². The van der Waals surface area contributed by atoms with E-state index in [1.54, 1.807) is 0 Å². The zero-order valence-electron chi connectivity index (χ0n) is 26.6. The number of rotatable bonds is 3. The molecule has 0 saturated carbocycles. The molecule has 2 heterocycles. The standard InChI is InChI=1S/C47H29NO/c1-2-12-34(13-3-1)48-43-25-21-32(28-42(43)39-23-24-40-36-15-8-9-17-44(36)49-47(40)46(39)48)31-20-22-38-41(27-31)35-14-6-7-16-37(35)45(38)33-19-18-29-10-4-5-11-30(29)26-33/h1-28,45H. The Morgan fingerprint density at radius 2 is 1.18 bits per heavy atom. The van der Waals surface area contributed by atoms with Crippen LogP contribution in [-0.2, 0) is 0 Å². The molecule has 8 aromatic carbocycles. The van der Waals surface area contributed by atoms with Gasteiger partial charge in [0.25, 0.3) is 0 Å². The molecule has 0 bridgehead atoms. The number of hydrogen-bond acceptors (Lipinski definition) is 1. The van der Waals surface area contributed by atoms with Crippen molar-refractivity contribution in [2.75, 3.05) is 0 Å². The smallest absolute Gasteiger partial charge is 0.160 e. The number of benzene rings is 8. The van der Waals surface area contributed by atoms with Crippen molar-refractivity contribution in [3.05, 3.63) is 187 Å². The number of furan rings is 1. The van der Waals surface area contributed by atoms with Gasteiger partial charge in [-0.25, -0.2) is 0 Å². The summed E-state index contributed by atoms with van der Waals surface area (Å²) in [6.07, 6.45) is 0. The summed E-state index contributed by atoms with van der Waals surface area (Å²) in [5, 5.41) is 7.25. The average Bonchev–Trinajstić information content (AvgIpc) is 3.82. The van der Waals surface area contributed by atoms with Crippen molar-refractivity contribution in [3.63, 3.8) is 0 Å². The summed E-state index contributed by atoms with van der Waals surface area (Å²) in [6, 6.07) is 62.0. The summed E-state index contributed by atoms with van der Waals surface area (Å²) in [5.74, 6) is 0.211. The third-order valence-electron chi connectivity index (χ3n) is 10.7. The molecule has 0 saturated heterocycles. The topological polar surface area (TPSA) is 18.1 Å². The highest BCUT2D eigenvalue weighted by Crippen LogP contribution is 2.50. The molecule has 10 aromatic rings. The molecule has 0 fully saturated rings. The summed E-state index contributed by atoms with van der Waals surface area (Å²) in [5.41, 5.74) is 14.4. The molecule has 1 atom stereocenters. The third-order valence-corrected chi connectivity index (χ3v) is 10.7. The molecular formula is C47H29NO. The van der Waals surface area contributed by atoms with Gasteiger partial charge in [0.1, 0.15) is 5.58 Å². The fourth-order valence-corrected chi connectivity index (χ4v) is 8.43. The molecule has 49 heavy (non-hydrogen) atoms. The minimum Gasteiger partial charge on any atom is -0.454 e. The van der Waals surface area contributed by atoms with E-state index in [-0.39, 0.29) is 5.92 Å². The zero-order valence-corrected chi connectivity index (χ0v) is 26.6. The van der Waals surface area contributed by atoms with Gasteiger partial charge in [0.15, 0.2) is 5.58 Å². The van der Waals surface area contributed by atoms with Crippen molar-refractivity contribution >= 4 is 54.5 Å². The van der Waals surface area contributed by atoms with Crippen LogP contribution in [0.5, 0.6) is 0 Å². The second-order valence-electron chi connectivity index (χ2n) is 13.3. The van der Waals surface area contributed by atoms with Crippen molar-refractivity contribution in [1.29, 1.82) is 0 Å². The molecule has 1 aliphatic carbocycles. The van der Waals surface area contributed by atoms with E-state index < -0.39 is 0 Å². The van der Waals surface area contributed by atoms with Gasteiger partial charge in [0.2, 0.25) is 0 Å². The highest BCUT2D eigenvalue weighted by molar-refractivity contribution is 6.22. The highest BCUT2D eigenvalue weighted by Gasteiger charge is 2.30. The molecule has 0 radical (unpaired) electrons. The number of nitrogens with zero attached hydrogens (tertiary/aromatic N) is 1. The van der Waals surface area contributed by atoms with Crippen molar-refractivity contribution in [2.24, 2.45) is 0 Å². The lowest BCUT2D eigenvalue weighted by atomic mass is 9.87. The first kappa shape index (κ1) is 26.7. The van der Waals surface area contributed by atoms with E-state index in [0.29, 0.717) is 0 Å². The van der Waals surface area contributed by atoms with Gasteiger partial charge in [0.05, 0.1) is 11.0 Å². The number of hydrogen-bond donors (Lipinski definition) is 0. The van der Waals surface area contributed by atoms with Gasteiger partial charge in [-0.3, -0.25) is 0 Å².